The first kappa shape index (κ1) is 20.3. The molecule has 0 spiro atoms. The average molecular weight is 448 g/mol. The van der Waals surface area contributed by atoms with Crippen molar-refractivity contribution in [3.8, 4) is 17.0 Å². The van der Waals surface area contributed by atoms with Crippen LogP contribution in [-0.2, 0) is 14.8 Å². The number of aromatic nitrogens is 1. The number of aryl methyl sites for hydroxylation is 1. The Balaban J connectivity index is 1.62. The second-order valence-corrected chi connectivity index (χ2v) is 9.43. The van der Waals surface area contributed by atoms with Crippen LogP contribution in [0.15, 0.2) is 46.7 Å². The van der Waals surface area contributed by atoms with Crippen molar-refractivity contribution in [2.24, 2.45) is 0 Å². The molecule has 1 atom stereocenters. The molecule has 0 saturated carbocycles. The van der Waals surface area contributed by atoms with Gasteiger partial charge in [0.1, 0.15) is 16.5 Å². The van der Waals surface area contributed by atoms with E-state index in [9.17, 15) is 17.6 Å². The van der Waals surface area contributed by atoms with E-state index in [1.165, 1.54) is 17.0 Å². The van der Waals surface area contributed by atoms with E-state index in [-0.39, 0.29) is 11.0 Å². The van der Waals surface area contributed by atoms with Crippen LogP contribution in [0.3, 0.4) is 0 Å². The molecule has 10 heteroatoms. The second kappa shape index (κ2) is 7.37. The Morgan fingerprint density at radius 3 is 2.77 bits per heavy atom. The number of hydrogen-bond acceptors (Lipinski definition) is 6. The lowest BCUT2D eigenvalue weighted by atomic mass is 10.1. The molecule has 1 aliphatic rings. The smallest absolute Gasteiger partial charge is 0.267 e. The minimum absolute atomic E-state index is 0.109. The molecule has 1 aliphatic heterocycles. The summed E-state index contributed by atoms with van der Waals surface area (Å²) in [6.07, 6.45) is -0.560. The van der Waals surface area contributed by atoms with Crippen LogP contribution in [-0.4, -0.2) is 32.5 Å². The van der Waals surface area contributed by atoms with Gasteiger partial charge in [-0.2, -0.15) is 0 Å². The summed E-state index contributed by atoms with van der Waals surface area (Å²) in [6.45, 7) is 3.37. The molecule has 0 aliphatic carbocycles. The molecule has 156 valence electrons. The first-order valence-corrected chi connectivity index (χ1v) is 11.3. The largest absolute Gasteiger partial charge is 0.479 e. The molecule has 0 bridgehead atoms. The Labute approximate surface area is 177 Å². The summed E-state index contributed by atoms with van der Waals surface area (Å²) >= 11 is 1.08. The lowest BCUT2D eigenvalue weighted by Gasteiger charge is -2.30. The number of rotatable bonds is 4. The summed E-state index contributed by atoms with van der Waals surface area (Å²) < 4.78 is 47.1. The number of carbonyl (C=O) groups excluding carboxylic acids is 1. The summed E-state index contributed by atoms with van der Waals surface area (Å²) in [5.41, 5.74) is 2.44. The Morgan fingerprint density at radius 2 is 2.00 bits per heavy atom. The highest BCUT2D eigenvalue weighted by Gasteiger charge is 2.29. The average Bonchev–Trinajstić information content (AvgIpc) is 3.15. The van der Waals surface area contributed by atoms with E-state index in [0.717, 1.165) is 17.4 Å². The van der Waals surface area contributed by atoms with Crippen molar-refractivity contribution >= 4 is 38.1 Å². The van der Waals surface area contributed by atoms with E-state index in [4.69, 9.17) is 4.74 Å². The van der Waals surface area contributed by atoms with Crippen LogP contribution in [0.1, 0.15) is 12.5 Å². The van der Waals surface area contributed by atoms with E-state index in [1.807, 2.05) is 0 Å². The number of benzene rings is 2. The van der Waals surface area contributed by atoms with Gasteiger partial charge in [0.15, 0.2) is 11.2 Å². The van der Waals surface area contributed by atoms with Crippen LogP contribution >= 0.6 is 11.3 Å². The second-order valence-electron chi connectivity index (χ2n) is 6.92. The molecule has 7 nitrogen and oxygen atoms in total. The molecule has 1 unspecified atom stereocenters. The third kappa shape index (κ3) is 3.63. The summed E-state index contributed by atoms with van der Waals surface area (Å²) in [5, 5.41) is 1.79. The maximum absolute atomic E-state index is 14.0. The van der Waals surface area contributed by atoms with Crippen LogP contribution in [0.25, 0.3) is 11.3 Å². The van der Waals surface area contributed by atoms with Crippen molar-refractivity contribution in [3.05, 3.63) is 53.2 Å². The Hall–Kier alpha value is -2.98. The normalized spacial score (nSPS) is 16.2. The molecule has 30 heavy (non-hydrogen) atoms. The molecule has 0 radical (unpaired) electrons. The molecule has 1 N–H and O–H groups in total. The van der Waals surface area contributed by atoms with Gasteiger partial charge in [-0.15, -0.1) is 11.3 Å². The molecular formula is C20H18FN3O4S2. The predicted molar refractivity (Wildman–Crippen MR) is 113 cm³/mol. The maximum atomic E-state index is 14.0. The quantitative estimate of drug-likeness (QED) is 0.657. The van der Waals surface area contributed by atoms with Gasteiger partial charge in [-0.1, -0.05) is 6.07 Å². The summed E-state index contributed by atoms with van der Waals surface area (Å²) in [4.78, 5) is 17.6. The van der Waals surface area contributed by atoms with Crippen molar-refractivity contribution in [2.45, 2.75) is 24.8 Å². The number of nitrogens with one attached hydrogen (secondary N) is 1. The van der Waals surface area contributed by atoms with Gasteiger partial charge in [-0.25, -0.2) is 17.8 Å². The number of thiazole rings is 1. The zero-order valence-electron chi connectivity index (χ0n) is 16.3. The van der Waals surface area contributed by atoms with Crippen molar-refractivity contribution in [2.75, 3.05) is 16.7 Å². The highest BCUT2D eigenvalue weighted by Crippen LogP contribution is 2.37. The zero-order valence-corrected chi connectivity index (χ0v) is 18.0. The number of amides is 1. The molecular weight excluding hydrogens is 429 g/mol. The molecule has 1 amide bonds. The third-order valence-electron chi connectivity index (χ3n) is 4.70. The molecule has 4 rings (SSSR count). The van der Waals surface area contributed by atoms with E-state index < -0.39 is 26.8 Å². The van der Waals surface area contributed by atoms with Gasteiger partial charge in [0.05, 0.1) is 11.4 Å². The maximum Gasteiger partial charge on any atom is 0.267 e. The number of nitrogens with zero attached hydrogens (tertiary/aromatic N) is 2. The summed E-state index contributed by atoms with van der Waals surface area (Å²) in [7, 11) is -2.45. The van der Waals surface area contributed by atoms with Gasteiger partial charge >= 0.3 is 0 Å². The van der Waals surface area contributed by atoms with E-state index in [2.05, 4.69) is 9.71 Å². The van der Waals surface area contributed by atoms with Gasteiger partial charge in [0.2, 0.25) is 0 Å². The lowest BCUT2D eigenvalue weighted by molar-refractivity contribution is -0.125. The van der Waals surface area contributed by atoms with Crippen molar-refractivity contribution in [1.29, 1.82) is 0 Å². The molecule has 0 fully saturated rings. The highest BCUT2D eigenvalue weighted by atomic mass is 32.2. The fourth-order valence-corrected chi connectivity index (χ4v) is 5.25. The molecule has 2 aromatic carbocycles. The van der Waals surface area contributed by atoms with Crippen LogP contribution < -0.4 is 14.4 Å². The minimum atomic E-state index is -4.12. The number of ether oxygens (including phenoxy) is 1. The van der Waals surface area contributed by atoms with E-state index >= 15 is 0 Å². The number of hydrogen-bond donors (Lipinski definition) is 1. The molecule has 1 aromatic heterocycles. The SMILES string of the molecule is Cc1ccc(F)c(S(=O)(=O)Nc2nc(-c3ccc4c(c3)N(C)C(=O)C(C)O4)cs2)c1. The zero-order chi connectivity index (χ0) is 21.6. The van der Waals surface area contributed by atoms with Crippen molar-refractivity contribution < 1.29 is 22.3 Å². The Morgan fingerprint density at radius 1 is 1.23 bits per heavy atom. The van der Waals surface area contributed by atoms with Crippen molar-refractivity contribution in [1.82, 2.24) is 4.98 Å². The molecule has 2 heterocycles. The number of carbonyl (C=O) groups is 1. The number of sulfonamides is 1. The molecule has 0 saturated heterocycles. The minimum Gasteiger partial charge on any atom is -0.479 e. The fourth-order valence-electron chi connectivity index (χ4n) is 3.11. The lowest BCUT2D eigenvalue weighted by Crippen LogP contribution is -2.41. The standard InChI is InChI=1S/C20H18FN3O4S2/c1-11-4-6-14(21)18(8-11)30(26,27)23-20-22-15(10-29-20)13-5-7-17-16(9-13)24(3)19(25)12(2)28-17/h4-10,12H,1-3H3,(H,22,23). The van der Waals surface area contributed by atoms with Gasteiger partial charge in [0, 0.05) is 18.0 Å². The Kier molecular flexibility index (Phi) is 4.99. The fraction of sp³-hybridized carbons (Fsp3) is 0.200. The predicted octanol–water partition coefficient (Wildman–Crippen LogP) is 3.80. The van der Waals surface area contributed by atoms with E-state index in [0.29, 0.717) is 28.3 Å². The van der Waals surface area contributed by atoms with Gasteiger partial charge in [-0.3, -0.25) is 9.52 Å². The number of anilines is 2. The van der Waals surface area contributed by atoms with Crippen LogP contribution in [0.2, 0.25) is 0 Å². The first-order chi connectivity index (χ1) is 14.2. The summed E-state index contributed by atoms with van der Waals surface area (Å²) in [6, 6.07) is 9.16. The summed E-state index contributed by atoms with van der Waals surface area (Å²) in [5.74, 6) is -0.410. The highest BCUT2D eigenvalue weighted by molar-refractivity contribution is 7.93. The van der Waals surface area contributed by atoms with Gasteiger partial charge in [0.25, 0.3) is 15.9 Å². The number of fused-ring (bicyclic) bond motifs is 1. The van der Waals surface area contributed by atoms with E-state index in [1.54, 1.807) is 44.5 Å². The molecule has 3 aromatic rings. The number of likely N-dealkylation sites (N-methyl/N-ethyl adjacent to an activating group) is 1. The van der Waals surface area contributed by atoms with Crippen molar-refractivity contribution in [3.63, 3.8) is 0 Å². The monoisotopic (exact) mass is 447 g/mol. The van der Waals surface area contributed by atoms with Crippen LogP contribution in [0.4, 0.5) is 15.2 Å². The van der Waals surface area contributed by atoms with Crippen LogP contribution in [0.5, 0.6) is 5.75 Å². The first-order valence-electron chi connectivity index (χ1n) is 8.99. The third-order valence-corrected chi connectivity index (χ3v) is 6.94. The van der Waals surface area contributed by atoms with Crippen LogP contribution in [0, 0.1) is 12.7 Å². The van der Waals surface area contributed by atoms with Gasteiger partial charge < -0.3 is 9.64 Å². The van der Waals surface area contributed by atoms with Gasteiger partial charge in [-0.05, 0) is 49.7 Å². The topological polar surface area (TPSA) is 88.6 Å². The number of halogens is 1. The Bertz CT molecular complexity index is 1260.